The molecule has 10 heteroatoms. The van der Waals surface area contributed by atoms with Crippen LogP contribution in [-0.2, 0) is 17.6 Å². The molecule has 1 aliphatic heterocycles. The Morgan fingerprint density at radius 2 is 1.97 bits per heavy atom. The summed E-state index contributed by atoms with van der Waals surface area (Å²) in [5, 5.41) is 13.9. The van der Waals surface area contributed by atoms with Crippen LogP contribution in [0, 0.1) is 0 Å². The average Bonchev–Trinajstić information content (AvgIpc) is 3.20. The first-order valence-corrected chi connectivity index (χ1v) is 11.3. The van der Waals surface area contributed by atoms with Crippen molar-refractivity contribution >= 4 is 29.2 Å². The molecule has 0 unspecified atom stereocenters. The number of hydrogen-bond acceptors (Lipinski definition) is 8. The lowest BCUT2D eigenvalue weighted by Crippen LogP contribution is -2.40. The summed E-state index contributed by atoms with van der Waals surface area (Å²) in [4.78, 5) is 32.7. The normalized spacial score (nSPS) is 19.8. The molecule has 3 N–H and O–H groups in total. The number of aromatic amines is 1. The molecule has 10 nitrogen and oxygen atoms in total. The summed E-state index contributed by atoms with van der Waals surface area (Å²) in [7, 11) is 0. The van der Waals surface area contributed by atoms with E-state index in [1.807, 2.05) is 4.90 Å². The summed E-state index contributed by atoms with van der Waals surface area (Å²) in [6, 6.07) is 1.75. The van der Waals surface area contributed by atoms with Crippen molar-refractivity contribution in [2.24, 2.45) is 0 Å². The van der Waals surface area contributed by atoms with Gasteiger partial charge in [0.2, 0.25) is 11.9 Å². The largest absolute Gasteiger partial charge is 0.329 e. The second-order valence-electron chi connectivity index (χ2n) is 8.73. The SMILES string of the molecule is O=C(Nc1cncnc1)[C@@H]1CCCN1c1nc2c(c(Nc3cc(C4CC4)[nH]n3)n1)CCC2. The van der Waals surface area contributed by atoms with E-state index in [1.165, 1.54) is 24.9 Å². The molecule has 3 aromatic rings. The van der Waals surface area contributed by atoms with Crippen LogP contribution in [0.1, 0.15) is 55.0 Å². The Balaban J connectivity index is 1.27. The number of aromatic nitrogens is 6. The number of nitrogens with one attached hydrogen (secondary N) is 3. The van der Waals surface area contributed by atoms with Crippen LogP contribution in [0.25, 0.3) is 0 Å². The van der Waals surface area contributed by atoms with Gasteiger partial charge in [0.15, 0.2) is 5.82 Å². The monoisotopic (exact) mass is 431 g/mol. The standard InChI is InChI=1S/C22H25N9O/c32-21(25-14-10-23-12-24-11-14)18-5-2-8-31(18)22-26-16-4-1-3-15(16)20(28-22)27-19-9-17(29-30-19)13-6-7-13/h9-13,18H,1-8H2,(H,25,32)(H2,26,27,28,29,30)/t18-/m0/s1. The Hall–Kier alpha value is -3.56. The van der Waals surface area contributed by atoms with E-state index >= 15 is 0 Å². The molecule has 1 amide bonds. The summed E-state index contributed by atoms with van der Waals surface area (Å²) in [5.41, 5.74) is 4.00. The smallest absolute Gasteiger partial charge is 0.247 e. The molecule has 0 spiro atoms. The van der Waals surface area contributed by atoms with Crippen LogP contribution in [0.4, 0.5) is 23.3 Å². The maximum Gasteiger partial charge on any atom is 0.247 e. The third-order valence-corrected chi connectivity index (χ3v) is 6.42. The van der Waals surface area contributed by atoms with Gasteiger partial charge in [-0.2, -0.15) is 10.1 Å². The van der Waals surface area contributed by atoms with E-state index in [4.69, 9.17) is 9.97 Å². The highest BCUT2D eigenvalue weighted by molar-refractivity contribution is 5.96. The maximum absolute atomic E-state index is 13.0. The molecular formula is C22H25N9O. The van der Waals surface area contributed by atoms with E-state index in [1.54, 1.807) is 12.4 Å². The maximum atomic E-state index is 13.0. The van der Waals surface area contributed by atoms with E-state index < -0.39 is 0 Å². The van der Waals surface area contributed by atoms with Crippen molar-refractivity contribution in [1.29, 1.82) is 0 Å². The van der Waals surface area contributed by atoms with Crippen molar-refractivity contribution in [3.8, 4) is 0 Å². The van der Waals surface area contributed by atoms with E-state index in [0.717, 1.165) is 61.5 Å². The Kier molecular flexibility index (Phi) is 4.70. The van der Waals surface area contributed by atoms with Gasteiger partial charge in [-0.05, 0) is 44.9 Å². The van der Waals surface area contributed by atoms with Gasteiger partial charge in [0, 0.05) is 29.8 Å². The average molecular weight is 432 g/mol. The van der Waals surface area contributed by atoms with Crippen LogP contribution in [0.15, 0.2) is 24.8 Å². The number of aryl methyl sites for hydroxylation is 1. The minimum atomic E-state index is -0.325. The van der Waals surface area contributed by atoms with Crippen molar-refractivity contribution in [3.63, 3.8) is 0 Å². The van der Waals surface area contributed by atoms with E-state index in [2.05, 4.69) is 36.9 Å². The first-order valence-electron chi connectivity index (χ1n) is 11.3. The number of carbonyl (C=O) groups excluding carboxylic acids is 1. The third kappa shape index (κ3) is 3.65. The highest BCUT2D eigenvalue weighted by Gasteiger charge is 2.34. The Morgan fingerprint density at radius 3 is 2.81 bits per heavy atom. The van der Waals surface area contributed by atoms with Gasteiger partial charge >= 0.3 is 0 Å². The minimum Gasteiger partial charge on any atom is -0.329 e. The van der Waals surface area contributed by atoms with Crippen molar-refractivity contribution in [3.05, 3.63) is 41.7 Å². The van der Waals surface area contributed by atoms with Crippen LogP contribution in [0.3, 0.4) is 0 Å². The molecule has 164 valence electrons. The van der Waals surface area contributed by atoms with Crippen molar-refractivity contribution in [2.45, 2.75) is 56.9 Å². The first-order chi connectivity index (χ1) is 15.7. The number of nitrogens with zero attached hydrogens (tertiary/aromatic N) is 6. The van der Waals surface area contributed by atoms with E-state index in [9.17, 15) is 4.79 Å². The van der Waals surface area contributed by atoms with Gasteiger partial charge in [0.05, 0.1) is 23.8 Å². The van der Waals surface area contributed by atoms with Gasteiger partial charge in [-0.15, -0.1) is 0 Å². The lowest BCUT2D eigenvalue weighted by molar-refractivity contribution is -0.117. The number of hydrogen-bond donors (Lipinski definition) is 3. The second kappa shape index (κ2) is 7.85. The zero-order chi connectivity index (χ0) is 21.5. The number of anilines is 4. The fourth-order valence-electron chi connectivity index (χ4n) is 4.64. The van der Waals surface area contributed by atoms with Gasteiger partial charge in [0.25, 0.3) is 0 Å². The van der Waals surface area contributed by atoms with E-state index in [-0.39, 0.29) is 11.9 Å². The zero-order valence-electron chi connectivity index (χ0n) is 17.7. The Labute approximate surface area is 185 Å². The zero-order valence-corrected chi connectivity index (χ0v) is 17.7. The van der Waals surface area contributed by atoms with Crippen LogP contribution >= 0.6 is 0 Å². The topological polar surface area (TPSA) is 125 Å². The van der Waals surface area contributed by atoms with Gasteiger partial charge < -0.3 is 15.5 Å². The highest BCUT2D eigenvalue weighted by Crippen LogP contribution is 2.40. The molecule has 0 radical (unpaired) electrons. The molecule has 1 saturated carbocycles. The van der Waals surface area contributed by atoms with Crippen LogP contribution < -0.4 is 15.5 Å². The minimum absolute atomic E-state index is 0.0858. The van der Waals surface area contributed by atoms with Gasteiger partial charge in [-0.1, -0.05) is 0 Å². The fourth-order valence-corrected chi connectivity index (χ4v) is 4.64. The van der Waals surface area contributed by atoms with Crippen molar-refractivity contribution in [1.82, 2.24) is 30.1 Å². The summed E-state index contributed by atoms with van der Waals surface area (Å²) >= 11 is 0. The predicted molar refractivity (Wildman–Crippen MR) is 119 cm³/mol. The number of fused-ring (bicyclic) bond motifs is 1. The van der Waals surface area contributed by atoms with Gasteiger partial charge in [-0.25, -0.2) is 15.0 Å². The quantitative estimate of drug-likeness (QED) is 0.544. The molecule has 4 heterocycles. The summed E-state index contributed by atoms with van der Waals surface area (Å²) in [5.74, 6) is 2.72. The molecular weight excluding hydrogens is 406 g/mol. The highest BCUT2D eigenvalue weighted by atomic mass is 16.2. The Morgan fingerprint density at radius 1 is 1.09 bits per heavy atom. The molecule has 1 saturated heterocycles. The number of rotatable bonds is 6. The third-order valence-electron chi connectivity index (χ3n) is 6.42. The number of carbonyl (C=O) groups is 1. The number of amides is 1. The molecule has 1 atom stereocenters. The predicted octanol–water partition coefficient (Wildman–Crippen LogP) is 2.71. The van der Waals surface area contributed by atoms with Crippen LogP contribution in [0.5, 0.6) is 0 Å². The lowest BCUT2D eigenvalue weighted by atomic mass is 10.2. The van der Waals surface area contributed by atoms with Gasteiger partial charge in [0.1, 0.15) is 18.2 Å². The second-order valence-corrected chi connectivity index (χ2v) is 8.73. The van der Waals surface area contributed by atoms with E-state index in [0.29, 0.717) is 17.6 Å². The molecule has 32 heavy (non-hydrogen) atoms. The van der Waals surface area contributed by atoms with Gasteiger partial charge in [-0.3, -0.25) is 9.89 Å². The van der Waals surface area contributed by atoms with Crippen molar-refractivity contribution in [2.75, 3.05) is 22.1 Å². The summed E-state index contributed by atoms with van der Waals surface area (Å²) < 4.78 is 0. The van der Waals surface area contributed by atoms with Crippen molar-refractivity contribution < 1.29 is 4.79 Å². The summed E-state index contributed by atoms with van der Waals surface area (Å²) in [6.07, 6.45) is 11.7. The molecule has 0 aromatic carbocycles. The number of H-pyrrole nitrogens is 1. The molecule has 2 fully saturated rings. The molecule has 3 aromatic heterocycles. The molecule has 0 bridgehead atoms. The molecule has 2 aliphatic carbocycles. The lowest BCUT2D eigenvalue weighted by Gasteiger charge is -2.25. The summed E-state index contributed by atoms with van der Waals surface area (Å²) in [6.45, 7) is 0.746. The molecule has 6 rings (SSSR count). The molecule has 3 aliphatic rings. The fraction of sp³-hybridized carbons (Fsp3) is 0.455. The Bertz CT molecular complexity index is 1140. The van der Waals surface area contributed by atoms with Crippen LogP contribution in [-0.4, -0.2) is 48.6 Å². The first kappa shape index (κ1) is 19.1. The van der Waals surface area contributed by atoms with Crippen LogP contribution in [0.2, 0.25) is 0 Å².